The normalized spacial score (nSPS) is 24.8. The topological polar surface area (TPSA) is 35.5 Å². The number of piperazine rings is 1. The summed E-state index contributed by atoms with van der Waals surface area (Å²) >= 11 is 0. The van der Waals surface area contributed by atoms with Gasteiger partial charge in [-0.2, -0.15) is 0 Å². The number of phenolic OH excluding ortho intramolecular Hbond substituents is 1. The SMILES string of the molecule is CCC1CN(Cc2cccc(O)c2)C(C(C)(C)C)CN1. The van der Waals surface area contributed by atoms with Crippen molar-refractivity contribution in [2.45, 2.75) is 52.7 Å². The van der Waals surface area contributed by atoms with Gasteiger partial charge < -0.3 is 10.4 Å². The van der Waals surface area contributed by atoms with Crippen molar-refractivity contribution in [3.05, 3.63) is 29.8 Å². The van der Waals surface area contributed by atoms with E-state index in [1.165, 1.54) is 5.56 Å². The van der Waals surface area contributed by atoms with E-state index < -0.39 is 0 Å². The molecule has 0 radical (unpaired) electrons. The largest absolute Gasteiger partial charge is 0.508 e. The molecular formula is C17H28N2O. The van der Waals surface area contributed by atoms with Crippen molar-refractivity contribution in [3.63, 3.8) is 0 Å². The highest BCUT2D eigenvalue weighted by Gasteiger charge is 2.34. The van der Waals surface area contributed by atoms with Crippen molar-refractivity contribution in [1.82, 2.24) is 10.2 Å². The van der Waals surface area contributed by atoms with Gasteiger partial charge in [-0.05, 0) is 29.5 Å². The molecule has 20 heavy (non-hydrogen) atoms. The van der Waals surface area contributed by atoms with E-state index in [2.05, 4.69) is 44.0 Å². The summed E-state index contributed by atoms with van der Waals surface area (Å²) in [6.07, 6.45) is 1.16. The molecule has 112 valence electrons. The zero-order chi connectivity index (χ0) is 14.8. The summed E-state index contributed by atoms with van der Waals surface area (Å²) in [6.45, 7) is 12.2. The fourth-order valence-electron chi connectivity index (χ4n) is 3.07. The minimum Gasteiger partial charge on any atom is -0.508 e. The van der Waals surface area contributed by atoms with Gasteiger partial charge in [-0.15, -0.1) is 0 Å². The molecule has 0 aromatic heterocycles. The van der Waals surface area contributed by atoms with Crippen LogP contribution in [-0.4, -0.2) is 35.2 Å². The number of rotatable bonds is 3. The van der Waals surface area contributed by atoms with Crippen LogP contribution in [0.25, 0.3) is 0 Å². The molecule has 0 aliphatic carbocycles. The molecule has 2 atom stereocenters. The maximum Gasteiger partial charge on any atom is 0.115 e. The zero-order valence-electron chi connectivity index (χ0n) is 13.2. The lowest BCUT2D eigenvalue weighted by Gasteiger charge is -2.46. The van der Waals surface area contributed by atoms with Crippen LogP contribution in [0.4, 0.5) is 0 Å². The molecule has 2 rings (SSSR count). The highest BCUT2D eigenvalue weighted by molar-refractivity contribution is 5.27. The van der Waals surface area contributed by atoms with Gasteiger partial charge >= 0.3 is 0 Å². The highest BCUT2D eigenvalue weighted by Crippen LogP contribution is 2.28. The van der Waals surface area contributed by atoms with Crippen LogP contribution in [-0.2, 0) is 6.54 Å². The van der Waals surface area contributed by atoms with Crippen LogP contribution in [0, 0.1) is 5.41 Å². The molecule has 1 aromatic carbocycles. The summed E-state index contributed by atoms with van der Waals surface area (Å²) < 4.78 is 0. The molecule has 1 heterocycles. The van der Waals surface area contributed by atoms with Gasteiger partial charge in [-0.1, -0.05) is 39.8 Å². The summed E-state index contributed by atoms with van der Waals surface area (Å²) in [5.74, 6) is 0.358. The van der Waals surface area contributed by atoms with Crippen molar-refractivity contribution in [2.75, 3.05) is 13.1 Å². The standard InChI is InChI=1S/C17H28N2O/c1-5-14-12-19(16(10-18-14)17(2,3)4)11-13-7-6-8-15(20)9-13/h6-9,14,16,18,20H,5,10-12H2,1-4H3. The molecular weight excluding hydrogens is 248 g/mol. The van der Waals surface area contributed by atoms with Crippen LogP contribution < -0.4 is 5.32 Å². The number of hydrogen-bond acceptors (Lipinski definition) is 3. The van der Waals surface area contributed by atoms with Crippen LogP contribution >= 0.6 is 0 Å². The Morgan fingerprint density at radius 1 is 1.35 bits per heavy atom. The predicted octanol–water partition coefficient (Wildman–Crippen LogP) is 2.99. The van der Waals surface area contributed by atoms with E-state index in [9.17, 15) is 5.11 Å². The van der Waals surface area contributed by atoms with Crippen LogP contribution in [0.3, 0.4) is 0 Å². The molecule has 1 fully saturated rings. The number of nitrogens with one attached hydrogen (secondary N) is 1. The second-order valence-corrected chi connectivity index (χ2v) is 6.99. The monoisotopic (exact) mass is 276 g/mol. The van der Waals surface area contributed by atoms with Crippen LogP contribution in [0.2, 0.25) is 0 Å². The lowest BCUT2D eigenvalue weighted by Crippen LogP contribution is -2.59. The maximum atomic E-state index is 9.64. The molecule has 2 unspecified atom stereocenters. The summed E-state index contributed by atoms with van der Waals surface area (Å²) in [5, 5.41) is 13.3. The molecule has 0 bridgehead atoms. The lowest BCUT2D eigenvalue weighted by atomic mass is 9.83. The van der Waals surface area contributed by atoms with Gasteiger partial charge in [0.1, 0.15) is 5.75 Å². The average Bonchev–Trinajstić information content (AvgIpc) is 2.37. The Balaban J connectivity index is 2.14. The van der Waals surface area contributed by atoms with Crippen molar-refractivity contribution in [2.24, 2.45) is 5.41 Å². The number of nitrogens with zero attached hydrogens (tertiary/aromatic N) is 1. The van der Waals surface area contributed by atoms with E-state index in [0.717, 1.165) is 26.1 Å². The molecule has 2 N–H and O–H groups in total. The third-order valence-corrected chi connectivity index (χ3v) is 4.28. The smallest absolute Gasteiger partial charge is 0.115 e. The third kappa shape index (κ3) is 3.74. The van der Waals surface area contributed by atoms with Crippen molar-refractivity contribution >= 4 is 0 Å². The summed E-state index contributed by atoms with van der Waals surface area (Å²) in [6, 6.07) is 8.73. The van der Waals surface area contributed by atoms with Crippen LogP contribution in [0.15, 0.2) is 24.3 Å². The summed E-state index contributed by atoms with van der Waals surface area (Å²) in [4.78, 5) is 2.57. The van der Waals surface area contributed by atoms with E-state index in [4.69, 9.17) is 0 Å². The first-order chi connectivity index (χ1) is 9.40. The number of benzene rings is 1. The minimum absolute atomic E-state index is 0.253. The number of hydrogen-bond donors (Lipinski definition) is 2. The van der Waals surface area contributed by atoms with Gasteiger partial charge in [0.25, 0.3) is 0 Å². The van der Waals surface area contributed by atoms with Gasteiger partial charge in [0, 0.05) is 31.7 Å². The van der Waals surface area contributed by atoms with Crippen molar-refractivity contribution in [1.29, 1.82) is 0 Å². The molecule has 0 spiro atoms. The highest BCUT2D eigenvalue weighted by atomic mass is 16.3. The zero-order valence-corrected chi connectivity index (χ0v) is 13.2. The van der Waals surface area contributed by atoms with Crippen LogP contribution in [0.1, 0.15) is 39.7 Å². The number of phenols is 1. The van der Waals surface area contributed by atoms with Crippen molar-refractivity contribution < 1.29 is 5.11 Å². The second-order valence-electron chi connectivity index (χ2n) is 6.99. The van der Waals surface area contributed by atoms with E-state index in [1.54, 1.807) is 6.07 Å². The Morgan fingerprint density at radius 2 is 2.10 bits per heavy atom. The lowest BCUT2D eigenvalue weighted by molar-refractivity contribution is 0.0485. The Kier molecular flexibility index (Phi) is 4.71. The van der Waals surface area contributed by atoms with E-state index in [0.29, 0.717) is 17.8 Å². The predicted molar refractivity (Wildman–Crippen MR) is 83.8 cm³/mol. The Bertz CT molecular complexity index is 439. The maximum absolute atomic E-state index is 9.64. The van der Waals surface area contributed by atoms with E-state index >= 15 is 0 Å². The van der Waals surface area contributed by atoms with Gasteiger partial charge in [0.2, 0.25) is 0 Å². The molecule has 1 aliphatic rings. The fourth-order valence-corrected chi connectivity index (χ4v) is 3.07. The minimum atomic E-state index is 0.253. The molecule has 1 saturated heterocycles. The van der Waals surface area contributed by atoms with Gasteiger partial charge in [0.05, 0.1) is 0 Å². The molecule has 0 saturated carbocycles. The molecule has 3 heteroatoms. The van der Waals surface area contributed by atoms with Crippen molar-refractivity contribution in [3.8, 4) is 5.75 Å². The Morgan fingerprint density at radius 3 is 2.70 bits per heavy atom. The molecule has 1 aromatic rings. The summed E-state index contributed by atoms with van der Waals surface area (Å²) in [5.41, 5.74) is 1.44. The van der Waals surface area contributed by atoms with Gasteiger partial charge in [-0.3, -0.25) is 4.90 Å². The third-order valence-electron chi connectivity index (χ3n) is 4.28. The average molecular weight is 276 g/mol. The van der Waals surface area contributed by atoms with Gasteiger partial charge in [0.15, 0.2) is 0 Å². The number of aromatic hydroxyl groups is 1. The first-order valence-electron chi connectivity index (χ1n) is 7.65. The van der Waals surface area contributed by atoms with E-state index in [-0.39, 0.29) is 5.41 Å². The molecule has 3 nitrogen and oxygen atoms in total. The Labute approximate surface area is 123 Å². The van der Waals surface area contributed by atoms with Gasteiger partial charge in [-0.25, -0.2) is 0 Å². The second kappa shape index (κ2) is 6.15. The Hall–Kier alpha value is -1.06. The first kappa shape index (κ1) is 15.3. The summed E-state index contributed by atoms with van der Waals surface area (Å²) in [7, 11) is 0. The van der Waals surface area contributed by atoms with E-state index in [1.807, 2.05) is 12.1 Å². The van der Waals surface area contributed by atoms with Crippen LogP contribution in [0.5, 0.6) is 5.75 Å². The fraction of sp³-hybridized carbons (Fsp3) is 0.647. The molecule has 1 aliphatic heterocycles. The molecule has 0 amide bonds. The quantitative estimate of drug-likeness (QED) is 0.891. The first-order valence-corrected chi connectivity index (χ1v) is 7.65.